The van der Waals surface area contributed by atoms with Gasteiger partial charge in [-0.15, -0.1) is 0 Å². The predicted octanol–water partition coefficient (Wildman–Crippen LogP) is 2.37. The van der Waals surface area contributed by atoms with Gasteiger partial charge in [0.25, 0.3) is 0 Å². The van der Waals surface area contributed by atoms with Crippen molar-refractivity contribution >= 4 is 0 Å². The molecular weight excluding hydrogens is 184 g/mol. The molecule has 0 amide bonds. The van der Waals surface area contributed by atoms with Crippen LogP contribution in [0.5, 0.6) is 0 Å². The molecule has 0 aromatic carbocycles. The van der Waals surface area contributed by atoms with Crippen molar-refractivity contribution in [3.8, 4) is 0 Å². The van der Waals surface area contributed by atoms with Gasteiger partial charge in [-0.05, 0) is 36.5 Å². The average Bonchev–Trinajstić information content (AvgIpc) is 2.11. The highest BCUT2D eigenvalue weighted by Gasteiger charge is 2.48. The first-order chi connectivity index (χ1) is 6.81. The van der Waals surface area contributed by atoms with Crippen LogP contribution in [0.25, 0.3) is 0 Å². The molecule has 0 aliphatic heterocycles. The molecule has 2 heteroatoms. The first-order valence-corrected chi connectivity index (χ1v) is 6.36. The van der Waals surface area contributed by atoms with Gasteiger partial charge >= 0.3 is 0 Å². The Morgan fingerprint density at radius 3 is 2.00 bits per heavy atom. The number of nitrogens with two attached hydrogens (primary N) is 2. The summed E-state index contributed by atoms with van der Waals surface area (Å²) < 4.78 is 0. The van der Waals surface area contributed by atoms with Crippen molar-refractivity contribution in [3.63, 3.8) is 0 Å². The lowest BCUT2D eigenvalue weighted by Gasteiger charge is -2.53. The fraction of sp³-hybridized carbons (Fsp3) is 1.00. The molecule has 0 aromatic rings. The Morgan fingerprint density at radius 1 is 1.13 bits per heavy atom. The summed E-state index contributed by atoms with van der Waals surface area (Å²) in [5, 5.41) is 0. The van der Waals surface area contributed by atoms with Gasteiger partial charge in [-0.25, -0.2) is 0 Å². The van der Waals surface area contributed by atoms with E-state index in [2.05, 4.69) is 34.6 Å². The van der Waals surface area contributed by atoms with Crippen LogP contribution in [-0.2, 0) is 0 Å². The third-order valence-corrected chi connectivity index (χ3v) is 4.54. The van der Waals surface area contributed by atoms with Crippen LogP contribution >= 0.6 is 0 Å². The maximum atomic E-state index is 6.70. The Balaban J connectivity index is 3.03. The molecule has 90 valence electrons. The Hall–Kier alpha value is -0.0800. The first-order valence-electron chi connectivity index (χ1n) is 6.36. The number of hydrogen-bond donors (Lipinski definition) is 2. The summed E-state index contributed by atoms with van der Waals surface area (Å²) in [4.78, 5) is 0. The topological polar surface area (TPSA) is 52.0 Å². The molecular formula is C13H28N2. The quantitative estimate of drug-likeness (QED) is 0.738. The molecule has 15 heavy (non-hydrogen) atoms. The van der Waals surface area contributed by atoms with Gasteiger partial charge in [0.2, 0.25) is 0 Å². The lowest BCUT2D eigenvalue weighted by Crippen LogP contribution is -2.65. The van der Waals surface area contributed by atoms with E-state index in [0.29, 0.717) is 23.7 Å². The van der Waals surface area contributed by atoms with Gasteiger partial charge in [0.1, 0.15) is 0 Å². The monoisotopic (exact) mass is 212 g/mol. The molecule has 4 unspecified atom stereocenters. The summed E-state index contributed by atoms with van der Waals surface area (Å²) in [6, 6.07) is 0.286. The van der Waals surface area contributed by atoms with E-state index >= 15 is 0 Å². The molecule has 1 rings (SSSR count). The van der Waals surface area contributed by atoms with E-state index in [-0.39, 0.29) is 11.6 Å². The Kier molecular flexibility index (Phi) is 3.83. The molecule has 2 nitrogen and oxygen atoms in total. The Bertz CT molecular complexity index is 213. The summed E-state index contributed by atoms with van der Waals surface area (Å²) in [5.74, 6) is 2.13. The van der Waals surface area contributed by atoms with E-state index in [1.54, 1.807) is 0 Å². The van der Waals surface area contributed by atoms with E-state index < -0.39 is 0 Å². The molecule has 0 heterocycles. The molecule has 4 atom stereocenters. The second-order valence-corrected chi connectivity index (χ2v) is 6.07. The lowest BCUT2D eigenvalue weighted by molar-refractivity contribution is 0.0309. The molecule has 4 N–H and O–H groups in total. The minimum atomic E-state index is -0.0775. The molecule has 1 saturated carbocycles. The van der Waals surface area contributed by atoms with E-state index in [0.717, 1.165) is 6.42 Å². The van der Waals surface area contributed by atoms with Crippen molar-refractivity contribution in [1.29, 1.82) is 0 Å². The average molecular weight is 212 g/mol. The van der Waals surface area contributed by atoms with Gasteiger partial charge in [0.05, 0.1) is 0 Å². The van der Waals surface area contributed by atoms with E-state index in [1.165, 1.54) is 6.42 Å². The third kappa shape index (κ3) is 2.07. The van der Waals surface area contributed by atoms with Crippen LogP contribution in [0.15, 0.2) is 0 Å². The highest BCUT2D eigenvalue weighted by Crippen LogP contribution is 2.43. The molecule has 0 aromatic heterocycles. The van der Waals surface area contributed by atoms with Gasteiger partial charge in [0.15, 0.2) is 0 Å². The molecule has 1 fully saturated rings. The second-order valence-electron chi connectivity index (χ2n) is 6.07. The van der Waals surface area contributed by atoms with Crippen LogP contribution in [0, 0.1) is 23.7 Å². The molecule has 1 aliphatic carbocycles. The molecule has 0 spiro atoms. The highest BCUT2D eigenvalue weighted by molar-refractivity contribution is 5.05. The zero-order valence-corrected chi connectivity index (χ0v) is 11.0. The standard InChI is InChI=1S/C13H28N2/c1-8(2)12-11(14)7-6-10(5)13(12,15)9(3)4/h8-12H,6-7,14-15H2,1-5H3. The molecule has 0 radical (unpaired) electrons. The van der Waals surface area contributed by atoms with Gasteiger partial charge in [-0.3, -0.25) is 0 Å². The summed E-state index contributed by atoms with van der Waals surface area (Å²) in [6.07, 6.45) is 2.31. The van der Waals surface area contributed by atoms with Crippen LogP contribution in [0.4, 0.5) is 0 Å². The van der Waals surface area contributed by atoms with Crippen LogP contribution in [0.2, 0.25) is 0 Å². The molecule has 0 saturated heterocycles. The zero-order chi connectivity index (χ0) is 11.8. The van der Waals surface area contributed by atoms with Crippen LogP contribution in [0.1, 0.15) is 47.5 Å². The van der Waals surface area contributed by atoms with Crippen molar-refractivity contribution < 1.29 is 0 Å². The van der Waals surface area contributed by atoms with Crippen molar-refractivity contribution in [2.24, 2.45) is 35.1 Å². The minimum absolute atomic E-state index is 0.0775. The van der Waals surface area contributed by atoms with Gasteiger partial charge in [-0.1, -0.05) is 34.6 Å². The Labute approximate surface area is 94.8 Å². The van der Waals surface area contributed by atoms with Gasteiger partial charge in [0, 0.05) is 11.6 Å². The van der Waals surface area contributed by atoms with Gasteiger partial charge < -0.3 is 11.5 Å². The predicted molar refractivity (Wildman–Crippen MR) is 66.5 cm³/mol. The Morgan fingerprint density at radius 2 is 1.67 bits per heavy atom. The summed E-state index contributed by atoms with van der Waals surface area (Å²) in [7, 11) is 0. The van der Waals surface area contributed by atoms with Gasteiger partial charge in [-0.2, -0.15) is 0 Å². The number of hydrogen-bond acceptors (Lipinski definition) is 2. The smallest absolute Gasteiger partial charge is 0.0249 e. The van der Waals surface area contributed by atoms with Crippen molar-refractivity contribution in [2.45, 2.75) is 59.0 Å². The summed E-state index contributed by atoms with van der Waals surface area (Å²) in [5.41, 5.74) is 12.9. The molecule has 0 bridgehead atoms. The normalized spacial score (nSPS) is 42.6. The highest BCUT2D eigenvalue weighted by atomic mass is 14.9. The van der Waals surface area contributed by atoms with E-state index in [9.17, 15) is 0 Å². The van der Waals surface area contributed by atoms with Crippen LogP contribution in [-0.4, -0.2) is 11.6 Å². The SMILES string of the molecule is CC(C)C1C(N)CCC(C)C1(N)C(C)C. The first kappa shape index (κ1) is 13.0. The van der Waals surface area contributed by atoms with Crippen molar-refractivity contribution in [3.05, 3.63) is 0 Å². The molecule has 1 aliphatic rings. The fourth-order valence-corrected chi connectivity index (χ4v) is 3.60. The van der Waals surface area contributed by atoms with Crippen molar-refractivity contribution in [2.75, 3.05) is 0 Å². The third-order valence-electron chi connectivity index (χ3n) is 4.54. The van der Waals surface area contributed by atoms with E-state index in [4.69, 9.17) is 11.5 Å². The summed E-state index contributed by atoms with van der Waals surface area (Å²) in [6.45, 7) is 11.3. The minimum Gasteiger partial charge on any atom is -0.327 e. The maximum absolute atomic E-state index is 6.70. The van der Waals surface area contributed by atoms with Crippen LogP contribution in [0.3, 0.4) is 0 Å². The fourth-order valence-electron chi connectivity index (χ4n) is 3.60. The zero-order valence-electron chi connectivity index (χ0n) is 11.0. The van der Waals surface area contributed by atoms with Crippen LogP contribution < -0.4 is 11.5 Å². The second kappa shape index (κ2) is 4.42. The summed E-state index contributed by atoms with van der Waals surface area (Å²) >= 11 is 0. The maximum Gasteiger partial charge on any atom is 0.0249 e. The number of rotatable bonds is 2. The largest absolute Gasteiger partial charge is 0.327 e. The van der Waals surface area contributed by atoms with Crippen molar-refractivity contribution in [1.82, 2.24) is 0 Å². The van der Waals surface area contributed by atoms with E-state index in [1.807, 2.05) is 0 Å². The lowest BCUT2D eigenvalue weighted by atomic mass is 9.57.